The Morgan fingerprint density at radius 2 is 2.27 bits per heavy atom. The summed E-state index contributed by atoms with van der Waals surface area (Å²) in [6, 6.07) is 4.95. The SMILES string of the molecule is CCCC1CC1(N)c1cc(F)cc(Br)c1. The fourth-order valence-corrected chi connectivity index (χ4v) is 2.70. The lowest BCUT2D eigenvalue weighted by Crippen LogP contribution is -2.22. The summed E-state index contributed by atoms with van der Waals surface area (Å²) in [5, 5.41) is 0. The molecule has 1 aromatic rings. The van der Waals surface area contributed by atoms with Gasteiger partial charge in [-0.15, -0.1) is 0 Å². The number of benzene rings is 1. The first-order valence-corrected chi connectivity index (χ1v) is 6.11. The van der Waals surface area contributed by atoms with Crippen molar-refractivity contribution in [2.45, 2.75) is 31.7 Å². The maximum absolute atomic E-state index is 13.2. The Kier molecular flexibility index (Phi) is 2.86. The number of halogens is 2. The summed E-state index contributed by atoms with van der Waals surface area (Å²) in [7, 11) is 0. The van der Waals surface area contributed by atoms with Crippen LogP contribution in [-0.2, 0) is 5.54 Å². The molecule has 1 aliphatic rings. The van der Waals surface area contributed by atoms with Crippen molar-refractivity contribution in [1.29, 1.82) is 0 Å². The zero-order chi connectivity index (χ0) is 11.1. The third kappa shape index (κ3) is 2.08. The molecule has 2 N–H and O–H groups in total. The lowest BCUT2D eigenvalue weighted by atomic mass is 10.0. The molecule has 1 nitrogen and oxygen atoms in total. The van der Waals surface area contributed by atoms with Crippen LogP contribution in [0.15, 0.2) is 22.7 Å². The van der Waals surface area contributed by atoms with E-state index < -0.39 is 0 Å². The van der Waals surface area contributed by atoms with Gasteiger partial charge in [-0.25, -0.2) is 4.39 Å². The first-order chi connectivity index (χ1) is 7.06. The summed E-state index contributed by atoms with van der Waals surface area (Å²) in [6.07, 6.45) is 3.25. The van der Waals surface area contributed by atoms with Gasteiger partial charge in [0.05, 0.1) is 0 Å². The van der Waals surface area contributed by atoms with Crippen molar-refractivity contribution in [2.24, 2.45) is 11.7 Å². The molecule has 3 heteroatoms. The monoisotopic (exact) mass is 271 g/mol. The second-order valence-corrected chi connectivity index (χ2v) is 5.30. The zero-order valence-electron chi connectivity index (χ0n) is 8.76. The minimum atomic E-state index is -0.277. The van der Waals surface area contributed by atoms with Gasteiger partial charge in [0.25, 0.3) is 0 Å². The molecule has 0 radical (unpaired) electrons. The molecule has 15 heavy (non-hydrogen) atoms. The highest BCUT2D eigenvalue weighted by molar-refractivity contribution is 9.10. The molecule has 0 bridgehead atoms. The van der Waals surface area contributed by atoms with E-state index in [9.17, 15) is 4.39 Å². The summed E-state index contributed by atoms with van der Waals surface area (Å²) in [6.45, 7) is 2.15. The van der Waals surface area contributed by atoms with Gasteiger partial charge in [-0.05, 0) is 42.5 Å². The Balaban J connectivity index is 2.24. The van der Waals surface area contributed by atoms with E-state index in [0.29, 0.717) is 5.92 Å². The minimum absolute atomic E-state index is 0.216. The van der Waals surface area contributed by atoms with E-state index in [2.05, 4.69) is 22.9 Å². The molecular weight excluding hydrogens is 257 g/mol. The van der Waals surface area contributed by atoms with E-state index in [4.69, 9.17) is 5.73 Å². The first-order valence-electron chi connectivity index (χ1n) is 5.31. The lowest BCUT2D eigenvalue weighted by molar-refractivity contribution is 0.572. The van der Waals surface area contributed by atoms with E-state index in [1.807, 2.05) is 6.07 Å². The number of hydrogen-bond donors (Lipinski definition) is 1. The average Bonchev–Trinajstić information content (AvgIpc) is 2.77. The minimum Gasteiger partial charge on any atom is -0.321 e. The van der Waals surface area contributed by atoms with Crippen LogP contribution in [0, 0.1) is 11.7 Å². The van der Waals surface area contributed by atoms with E-state index >= 15 is 0 Å². The molecule has 0 heterocycles. The van der Waals surface area contributed by atoms with Crippen LogP contribution in [0.25, 0.3) is 0 Å². The van der Waals surface area contributed by atoms with Gasteiger partial charge in [0.15, 0.2) is 0 Å². The van der Waals surface area contributed by atoms with Gasteiger partial charge in [-0.1, -0.05) is 29.3 Å². The molecule has 1 fully saturated rings. The summed E-state index contributed by atoms with van der Waals surface area (Å²) in [5.41, 5.74) is 6.90. The molecule has 1 aromatic carbocycles. The van der Waals surface area contributed by atoms with Crippen molar-refractivity contribution >= 4 is 15.9 Å². The molecular formula is C12H15BrFN. The normalized spacial score (nSPS) is 29.2. The van der Waals surface area contributed by atoms with Crippen LogP contribution < -0.4 is 5.73 Å². The number of nitrogens with two attached hydrogens (primary N) is 1. The van der Waals surface area contributed by atoms with Crippen LogP contribution in [0.2, 0.25) is 0 Å². The highest BCUT2D eigenvalue weighted by atomic mass is 79.9. The summed E-state index contributed by atoms with van der Waals surface area (Å²) in [5.74, 6) is 0.308. The maximum Gasteiger partial charge on any atom is 0.124 e. The molecule has 0 saturated heterocycles. The van der Waals surface area contributed by atoms with E-state index in [-0.39, 0.29) is 11.4 Å². The van der Waals surface area contributed by atoms with Crippen LogP contribution in [-0.4, -0.2) is 0 Å². The van der Waals surface area contributed by atoms with Crippen molar-refractivity contribution in [3.8, 4) is 0 Å². The van der Waals surface area contributed by atoms with Gasteiger partial charge in [-0.2, -0.15) is 0 Å². The molecule has 2 atom stereocenters. The highest BCUT2D eigenvalue weighted by Gasteiger charge is 2.51. The van der Waals surface area contributed by atoms with Crippen LogP contribution in [0.3, 0.4) is 0 Å². The quantitative estimate of drug-likeness (QED) is 0.894. The van der Waals surface area contributed by atoms with Crippen molar-refractivity contribution in [3.05, 3.63) is 34.1 Å². The fraction of sp³-hybridized carbons (Fsp3) is 0.500. The second kappa shape index (κ2) is 3.87. The Hall–Kier alpha value is -0.410. The molecule has 1 saturated carbocycles. The largest absolute Gasteiger partial charge is 0.321 e. The van der Waals surface area contributed by atoms with Crippen LogP contribution in [0.4, 0.5) is 4.39 Å². The third-order valence-corrected chi connectivity index (χ3v) is 3.65. The fourth-order valence-electron chi connectivity index (χ4n) is 2.23. The van der Waals surface area contributed by atoms with Gasteiger partial charge in [0, 0.05) is 10.0 Å². The van der Waals surface area contributed by atoms with Gasteiger partial charge < -0.3 is 5.73 Å². The summed E-state index contributed by atoms with van der Waals surface area (Å²) < 4.78 is 14.0. The van der Waals surface area contributed by atoms with Crippen LogP contribution in [0.1, 0.15) is 31.7 Å². The summed E-state index contributed by atoms with van der Waals surface area (Å²) in [4.78, 5) is 0. The molecule has 2 rings (SSSR count). The van der Waals surface area contributed by atoms with E-state index in [1.54, 1.807) is 6.07 Å². The second-order valence-electron chi connectivity index (χ2n) is 4.39. The lowest BCUT2D eigenvalue weighted by Gasteiger charge is -2.12. The molecule has 0 amide bonds. The molecule has 82 valence electrons. The zero-order valence-corrected chi connectivity index (χ0v) is 10.3. The average molecular weight is 272 g/mol. The Labute approximate surface area is 98.0 Å². The molecule has 2 unspecified atom stereocenters. The van der Waals surface area contributed by atoms with E-state index in [1.165, 1.54) is 6.07 Å². The van der Waals surface area contributed by atoms with Gasteiger partial charge in [0.2, 0.25) is 0 Å². The van der Waals surface area contributed by atoms with Gasteiger partial charge in [-0.3, -0.25) is 0 Å². The van der Waals surface area contributed by atoms with Gasteiger partial charge in [0.1, 0.15) is 5.82 Å². The Bertz CT molecular complexity index is 360. The Morgan fingerprint density at radius 1 is 1.53 bits per heavy atom. The predicted octanol–water partition coefficient (Wildman–Crippen LogP) is 3.56. The molecule has 0 spiro atoms. The molecule has 0 aromatic heterocycles. The smallest absolute Gasteiger partial charge is 0.124 e. The molecule has 0 aliphatic heterocycles. The van der Waals surface area contributed by atoms with Crippen molar-refractivity contribution < 1.29 is 4.39 Å². The Morgan fingerprint density at radius 3 is 2.87 bits per heavy atom. The topological polar surface area (TPSA) is 26.0 Å². The standard InChI is InChI=1S/C12H15BrFN/c1-2-3-8-7-12(8,15)9-4-10(13)6-11(14)5-9/h4-6,8H,2-3,7,15H2,1H3. The van der Waals surface area contributed by atoms with Crippen molar-refractivity contribution in [2.75, 3.05) is 0 Å². The van der Waals surface area contributed by atoms with E-state index in [0.717, 1.165) is 29.3 Å². The van der Waals surface area contributed by atoms with Crippen LogP contribution in [0.5, 0.6) is 0 Å². The third-order valence-electron chi connectivity index (χ3n) is 3.19. The maximum atomic E-state index is 13.2. The van der Waals surface area contributed by atoms with Crippen LogP contribution >= 0.6 is 15.9 Å². The highest BCUT2D eigenvalue weighted by Crippen LogP contribution is 2.52. The molecule has 1 aliphatic carbocycles. The van der Waals surface area contributed by atoms with Crippen molar-refractivity contribution in [3.63, 3.8) is 0 Å². The van der Waals surface area contributed by atoms with Gasteiger partial charge >= 0.3 is 0 Å². The first kappa shape index (κ1) is 11.1. The van der Waals surface area contributed by atoms with Crippen molar-refractivity contribution in [1.82, 2.24) is 0 Å². The predicted molar refractivity (Wildman–Crippen MR) is 63.0 cm³/mol. The summed E-state index contributed by atoms with van der Waals surface area (Å²) >= 11 is 3.30. The number of hydrogen-bond acceptors (Lipinski definition) is 1. The number of rotatable bonds is 3.